The van der Waals surface area contributed by atoms with Crippen molar-refractivity contribution in [2.75, 3.05) is 13.1 Å². The van der Waals surface area contributed by atoms with Gasteiger partial charge in [-0.2, -0.15) is 0 Å². The predicted molar refractivity (Wildman–Crippen MR) is 90.0 cm³/mol. The van der Waals surface area contributed by atoms with E-state index in [0.29, 0.717) is 12.1 Å². The average molecular weight is 283 g/mol. The average Bonchev–Trinajstić information content (AvgIpc) is 3.24. The second-order valence-electron chi connectivity index (χ2n) is 7.03. The molecule has 1 saturated carbocycles. The van der Waals surface area contributed by atoms with E-state index in [-0.39, 0.29) is 0 Å². The molecule has 0 saturated heterocycles. The first-order chi connectivity index (χ1) is 9.69. The standard InChI is InChI=1S/C18H38N2/c1-4-5-6-7-8-9-10-11-18(14-19)20(16(2)3)15-17-12-13-17/h16-18H,4-15,19H2,1-3H3. The number of hydrogen-bond acceptors (Lipinski definition) is 2. The molecule has 0 aromatic carbocycles. The number of nitrogens with zero attached hydrogens (tertiary/aromatic N) is 1. The van der Waals surface area contributed by atoms with Gasteiger partial charge >= 0.3 is 0 Å². The molecule has 0 radical (unpaired) electrons. The molecule has 1 rings (SSSR count). The third kappa shape index (κ3) is 7.64. The lowest BCUT2D eigenvalue weighted by atomic mass is 10.0. The summed E-state index contributed by atoms with van der Waals surface area (Å²) in [5.41, 5.74) is 6.05. The summed E-state index contributed by atoms with van der Waals surface area (Å²) < 4.78 is 0. The fourth-order valence-corrected chi connectivity index (χ4v) is 3.14. The summed E-state index contributed by atoms with van der Waals surface area (Å²) in [6.45, 7) is 9.06. The van der Waals surface area contributed by atoms with Crippen molar-refractivity contribution in [2.24, 2.45) is 11.7 Å². The molecule has 120 valence electrons. The van der Waals surface area contributed by atoms with Gasteiger partial charge in [-0.3, -0.25) is 4.90 Å². The largest absolute Gasteiger partial charge is 0.329 e. The lowest BCUT2D eigenvalue weighted by Gasteiger charge is -2.34. The normalized spacial score (nSPS) is 17.1. The van der Waals surface area contributed by atoms with Gasteiger partial charge in [0.05, 0.1) is 0 Å². The van der Waals surface area contributed by atoms with E-state index in [0.717, 1.165) is 12.5 Å². The fourth-order valence-electron chi connectivity index (χ4n) is 3.14. The third-order valence-electron chi connectivity index (χ3n) is 4.71. The van der Waals surface area contributed by atoms with Crippen molar-refractivity contribution < 1.29 is 0 Å². The van der Waals surface area contributed by atoms with Crippen LogP contribution in [0.25, 0.3) is 0 Å². The van der Waals surface area contributed by atoms with Crippen LogP contribution in [0.5, 0.6) is 0 Å². The molecule has 1 atom stereocenters. The zero-order valence-electron chi connectivity index (χ0n) is 14.2. The number of hydrogen-bond donors (Lipinski definition) is 1. The molecule has 1 aliphatic rings. The minimum Gasteiger partial charge on any atom is -0.329 e. The van der Waals surface area contributed by atoms with Crippen molar-refractivity contribution in [3.63, 3.8) is 0 Å². The van der Waals surface area contributed by atoms with Gasteiger partial charge in [0.2, 0.25) is 0 Å². The van der Waals surface area contributed by atoms with Gasteiger partial charge in [-0.25, -0.2) is 0 Å². The van der Waals surface area contributed by atoms with Crippen molar-refractivity contribution in [1.82, 2.24) is 4.90 Å². The van der Waals surface area contributed by atoms with E-state index in [4.69, 9.17) is 5.73 Å². The van der Waals surface area contributed by atoms with Gasteiger partial charge in [0.25, 0.3) is 0 Å². The van der Waals surface area contributed by atoms with Gasteiger partial charge in [-0.05, 0) is 39.0 Å². The minimum atomic E-state index is 0.617. The van der Waals surface area contributed by atoms with Gasteiger partial charge in [-0.15, -0.1) is 0 Å². The highest BCUT2D eigenvalue weighted by Crippen LogP contribution is 2.31. The van der Waals surface area contributed by atoms with Gasteiger partial charge in [-0.1, -0.05) is 51.9 Å². The second-order valence-corrected chi connectivity index (χ2v) is 7.03. The first-order valence-corrected chi connectivity index (χ1v) is 9.14. The van der Waals surface area contributed by atoms with Gasteiger partial charge in [0.15, 0.2) is 0 Å². The van der Waals surface area contributed by atoms with Crippen molar-refractivity contribution in [1.29, 1.82) is 0 Å². The predicted octanol–water partition coefficient (Wildman–Crippen LogP) is 4.57. The van der Waals surface area contributed by atoms with Crippen molar-refractivity contribution in [3.8, 4) is 0 Å². The molecule has 0 aromatic rings. The minimum absolute atomic E-state index is 0.617. The fraction of sp³-hybridized carbons (Fsp3) is 1.00. The van der Waals surface area contributed by atoms with Crippen LogP contribution in [0.2, 0.25) is 0 Å². The molecule has 0 amide bonds. The maximum absolute atomic E-state index is 6.05. The van der Waals surface area contributed by atoms with Crippen molar-refractivity contribution >= 4 is 0 Å². The molecule has 0 spiro atoms. The molecular formula is C18H38N2. The molecule has 0 aromatic heterocycles. The zero-order chi connectivity index (χ0) is 14.8. The topological polar surface area (TPSA) is 29.3 Å². The Labute approximate surface area is 127 Å². The van der Waals surface area contributed by atoms with Gasteiger partial charge in [0.1, 0.15) is 0 Å². The van der Waals surface area contributed by atoms with Gasteiger partial charge < -0.3 is 5.73 Å². The Hall–Kier alpha value is -0.0800. The quantitative estimate of drug-likeness (QED) is 0.501. The Balaban J connectivity index is 2.15. The Morgan fingerprint density at radius 1 is 1.00 bits per heavy atom. The molecule has 0 aliphatic heterocycles. The maximum Gasteiger partial charge on any atom is 0.0221 e. The van der Waals surface area contributed by atoms with Crippen LogP contribution in [0.3, 0.4) is 0 Å². The van der Waals surface area contributed by atoms with Crippen LogP contribution in [0.15, 0.2) is 0 Å². The molecule has 2 nitrogen and oxygen atoms in total. The van der Waals surface area contributed by atoms with Crippen LogP contribution >= 0.6 is 0 Å². The molecule has 0 bridgehead atoms. The van der Waals surface area contributed by atoms with Crippen LogP contribution in [-0.2, 0) is 0 Å². The first kappa shape index (κ1) is 18.0. The monoisotopic (exact) mass is 282 g/mol. The van der Waals surface area contributed by atoms with Crippen LogP contribution in [0, 0.1) is 5.92 Å². The Morgan fingerprint density at radius 3 is 2.10 bits per heavy atom. The number of nitrogens with two attached hydrogens (primary N) is 1. The van der Waals surface area contributed by atoms with E-state index in [2.05, 4.69) is 25.7 Å². The molecule has 1 fully saturated rings. The Kier molecular flexibility index (Phi) is 9.54. The maximum atomic E-state index is 6.05. The van der Waals surface area contributed by atoms with Crippen molar-refractivity contribution in [3.05, 3.63) is 0 Å². The van der Waals surface area contributed by atoms with Crippen LogP contribution < -0.4 is 5.73 Å². The molecule has 20 heavy (non-hydrogen) atoms. The van der Waals surface area contributed by atoms with E-state index in [1.54, 1.807) is 0 Å². The van der Waals surface area contributed by atoms with Crippen LogP contribution in [0.1, 0.15) is 85.0 Å². The van der Waals surface area contributed by atoms with E-state index in [1.165, 1.54) is 70.8 Å². The van der Waals surface area contributed by atoms with Crippen LogP contribution in [-0.4, -0.2) is 30.1 Å². The highest BCUT2D eigenvalue weighted by atomic mass is 15.2. The molecule has 2 N–H and O–H groups in total. The lowest BCUT2D eigenvalue weighted by molar-refractivity contribution is 0.139. The summed E-state index contributed by atoms with van der Waals surface area (Å²) in [6.07, 6.45) is 14.0. The molecule has 1 unspecified atom stereocenters. The van der Waals surface area contributed by atoms with E-state index < -0.39 is 0 Å². The SMILES string of the molecule is CCCCCCCCCC(CN)N(CC1CC1)C(C)C. The summed E-state index contributed by atoms with van der Waals surface area (Å²) >= 11 is 0. The highest BCUT2D eigenvalue weighted by molar-refractivity contribution is 4.83. The number of unbranched alkanes of at least 4 members (excludes halogenated alkanes) is 6. The summed E-state index contributed by atoms with van der Waals surface area (Å²) in [6, 6.07) is 1.26. The van der Waals surface area contributed by atoms with Crippen molar-refractivity contribution in [2.45, 2.75) is 97.1 Å². The summed E-state index contributed by atoms with van der Waals surface area (Å²) in [4.78, 5) is 2.68. The smallest absolute Gasteiger partial charge is 0.0221 e. The molecule has 0 heterocycles. The lowest BCUT2D eigenvalue weighted by Crippen LogP contribution is -2.45. The van der Waals surface area contributed by atoms with E-state index in [1.807, 2.05) is 0 Å². The number of rotatable bonds is 13. The molecule has 2 heteroatoms. The second kappa shape index (κ2) is 10.6. The zero-order valence-corrected chi connectivity index (χ0v) is 14.2. The summed E-state index contributed by atoms with van der Waals surface area (Å²) in [7, 11) is 0. The molecule has 1 aliphatic carbocycles. The Bertz CT molecular complexity index is 223. The Morgan fingerprint density at radius 2 is 1.60 bits per heavy atom. The van der Waals surface area contributed by atoms with E-state index >= 15 is 0 Å². The van der Waals surface area contributed by atoms with Gasteiger partial charge in [0, 0.05) is 25.2 Å². The van der Waals surface area contributed by atoms with E-state index in [9.17, 15) is 0 Å². The first-order valence-electron chi connectivity index (χ1n) is 9.14. The molecular weight excluding hydrogens is 244 g/mol. The summed E-state index contributed by atoms with van der Waals surface area (Å²) in [5, 5.41) is 0. The third-order valence-corrected chi connectivity index (χ3v) is 4.71. The summed E-state index contributed by atoms with van der Waals surface area (Å²) in [5.74, 6) is 0.973. The highest BCUT2D eigenvalue weighted by Gasteiger charge is 2.28. The van der Waals surface area contributed by atoms with Crippen LogP contribution in [0.4, 0.5) is 0 Å².